The predicted octanol–water partition coefficient (Wildman–Crippen LogP) is 2.91. The molecule has 120 valence electrons. The van der Waals surface area contributed by atoms with Gasteiger partial charge in [0.05, 0.1) is 11.3 Å². The van der Waals surface area contributed by atoms with Crippen LogP contribution in [0.25, 0.3) is 16.8 Å². The summed E-state index contributed by atoms with van der Waals surface area (Å²) in [6, 6.07) is 1.70. The molecule has 23 heavy (non-hydrogen) atoms. The topological polar surface area (TPSA) is 63.1 Å². The maximum atomic E-state index is 13.6. The van der Waals surface area contributed by atoms with Crippen LogP contribution in [-0.4, -0.2) is 19.6 Å². The molecule has 0 bridgehead atoms. The summed E-state index contributed by atoms with van der Waals surface area (Å²) >= 11 is 3.99. The molecule has 0 amide bonds. The number of hydrogen-bond donors (Lipinski definition) is 2. The van der Waals surface area contributed by atoms with Crippen molar-refractivity contribution in [1.82, 2.24) is 19.6 Å². The standard InChI is InChI=1S/C14H11F3N4OS/c1-5(2)11-9(6-3-7(15)10(17)8(16)4-6)12-18-13(23)19-14(22)21(12)20-11/h3-5H,1-2H3,(H2,18,19,22,23). The van der Waals surface area contributed by atoms with E-state index in [9.17, 15) is 18.0 Å². The molecule has 0 unspecified atom stereocenters. The van der Waals surface area contributed by atoms with Gasteiger partial charge in [-0.25, -0.2) is 22.9 Å². The number of aromatic amines is 1. The second kappa shape index (κ2) is 5.41. The van der Waals surface area contributed by atoms with Crippen LogP contribution in [0.5, 0.6) is 0 Å². The van der Waals surface area contributed by atoms with Crippen LogP contribution in [-0.2, 0) is 0 Å². The molecule has 0 saturated heterocycles. The second-order valence-corrected chi connectivity index (χ2v) is 5.69. The van der Waals surface area contributed by atoms with Gasteiger partial charge in [-0.2, -0.15) is 9.61 Å². The summed E-state index contributed by atoms with van der Waals surface area (Å²) in [5.74, 6) is -4.38. The molecule has 5 nitrogen and oxygen atoms in total. The van der Waals surface area contributed by atoms with Gasteiger partial charge in [0.25, 0.3) is 0 Å². The van der Waals surface area contributed by atoms with Crippen molar-refractivity contribution < 1.29 is 13.2 Å². The normalized spacial score (nSPS) is 11.6. The Balaban J connectivity index is 2.44. The van der Waals surface area contributed by atoms with Gasteiger partial charge in [-0.3, -0.25) is 4.98 Å². The van der Waals surface area contributed by atoms with Gasteiger partial charge in [0.1, 0.15) is 0 Å². The first kappa shape index (κ1) is 15.6. The number of rotatable bonds is 2. The SMILES string of the molecule is CC(C)c1nn2c(=O)[nH]c(S)nc2c1-c1cc(F)c(F)c(F)c1. The Morgan fingerprint density at radius 1 is 1.22 bits per heavy atom. The predicted molar refractivity (Wildman–Crippen MR) is 80.3 cm³/mol. The van der Waals surface area contributed by atoms with E-state index >= 15 is 0 Å². The Morgan fingerprint density at radius 2 is 1.83 bits per heavy atom. The first-order chi connectivity index (χ1) is 10.8. The zero-order valence-corrected chi connectivity index (χ0v) is 13.0. The number of H-pyrrole nitrogens is 1. The van der Waals surface area contributed by atoms with Gasteiger partial charge in [0.2, 0.25) is 0 Å². The van der Waals surface area contributed by atoms with Gasteiger partial charge >= 0.3 is 5.69 Å². The lowest BCUT2D eigenvalue weighted by Crippen LogP contribution is -2.19. The fourth-order valence-electron chi connectivity index (χ4n) is 2.33. The summed E-state index contributed by atoms with van der Waals surface area (Å²) < 4.78 is 41.3. The Kier molecular flexibility index (Phi) is 3.67. The van der Waals surface area contributed by atoms with Gasteiger partial charge < -0.3 is 0 Å². The Labute approximate surface area is 133 Å². The number of aromatic nitrogens is 4. The van der Waals surface area contributed by atoms with Crippen LogP contribution in [0, 0.1) is 17.5 Å². The molecular formula is C14H11F3N4OS. The van der Waals surface area contributed by atoms with Crippen molar-refractivity contribution in [3.05, 3.63) is 45.8 Å². The minimum atomic E-state index is -1.56. The highest BCUT2D eigenvalue weighted by molar-refractivity contribution is 7.80. The highest BCUT2D eigenvalue weighted by Crippen LogP contribution is 2.33. The van der Waals surface area contributed by atoms with Gasteiger partial charge in [-0.15, -0.1) is 12.6 Å². The van der Waals surface area contributed by atoms with Crippen LogP contribution >= 0.6 is 12.6 Å². The molecule has 0 aliphatic carbocycles. The zero-order valence-electron chi connectivity index (χ0n) is 12.1. The van der Waals surface area contributed by atoms with Crippen LogP contribution in [0.1, 0.15) is 25.5 Å². The monoisotopic (exact) mass is 340 g/mol. The summed E-state index contributed by atoms with van der Waals surface area (Å²) in [5.41, 5.74) is 0.224. The summed E-state index contributed by atoms with van der Waals surface area (Å²) in [4.78, 5) is 18.4. The van der Waals surface area contributed by atoms with Gasteiger partial charge in [-0.05, 0) is 23.6 Å². The van der Waals surface area contributed by atoms with E-state index in [1.54, 1.807) is 13.8 Å². The van der Waals surface area contributed by atoms with Crippen molar-refractivity contribution in [2.24, 2.45) is 0 Å². The van der Waals surface area contributed by atoms with E-state index in [1.165, 1.54) is 0 Å². The van der Waals surface area contributed by atoms with E-state index < -0.39 is 23.1 Å². The molecule has 3 aromatic rings. The molecule has 0 aliphatic heterocycles. The van der Waals surface area contributed by atoms with Gasteiger partial charge in [-0.1, -0.05) is 13.8 Å². The largest absolute Gasteiger partial charge is 0.350 e. The average molecular weight is 340 g/mol. The molecule has 0 saturated carbocycles. The van der Waals surface area contributed by atoms with Crippen LogP contribution in [0.3, 0.4) is 0 Å². The number of benzene rings is 1. The van der Waals surface area contributed by atoms with Crippen molar-refractivity contribution in [1.29, 1.82) is 0 Å². The molecule has 2 heterocycles. The third-order valence-electron chi connectivity index (χ3n) is 3.33. The van der Waals surface area contributed by atoms with Gasteiger partial charge in [0.15, 0.2) is 28.3 Å². The second-order valence-electron chi connectivity index (χ2n) is 5.27. The number of nitrogens with zero attached hydrogens (tertiary/aromatic N) is 3. The summed E-state index contributed by atoms with van der Waals surface area (Å²) in [6.07, 6.45) is 0. The minimum absolute atomic E-state index is 0.0296. The molecule has 0 radical (unpaired) electrons. The molecule has 3 rings (SSSR count). The lowest BCUT2D eigenvalue weighted by Gasteiger charge is -2.07. The minimum Gasteiger partial charge on any atom is -0.285 e. The lowest BCUT2D eigenvalue weighted by molar-refractivity contribution is 0.447. The fraction of sp³-hybridized carbons (Fsp3) is 0.214. The molecular weight excluding hydrogens is 329 g/mol. The maximum absolute atomic E-state index is 13.6. The van der Waals surface area contributed by atoms with Crippen LogP contribution in [0.15, 0.2) is 22.1 Å². The van der Waals surface area contributed by atoms with E-state index in [1.807, 2.05) is 0 Å². The van der Waals surface area contributed by atoms with Crippen molar-refractivity contribution in [3.63, 3.8) is 0 Å². The quantitative estimate of drug-likeness (QED) is 0.557. The number of hydrogen-bond acceptors (Lipinski definition) is 4. The fourth-order valence-corrected chi connectivity index (χ4v) is 2.52. The molecule has 1 aromatic carbocycles. The zero-order chi connectivity index (χ0) is 16.9. The summed E-state index contributed by atoms with van der Waals surface area (Å²) in [7, 11) is 0. The Bertz CT molecular complexity index is 957. The van der Waals surface area contributed by atoms with Gasteiger partial charge in [0, 0.05) is 0 Å². The van der Waals surface area contributed by atoms with Crippen molar-refractivity contribution in [2.45, 2.75) is 24.9 Å². The molecule has 0 aliphatic rings. The summed E-state index contributed by atoms with van der Waals surface area (Å²) in [5, 5.41) is 4.18. The number of halogens is 3. The summed E-state index contributed by atoms with van der Waals surface area (Å²) in [6.45, 7) is 3.61. The maximum Gasteiger partial charge on any atom is 0.350 e. The van der Waals surface area contributed by atoms with Crippen molar-refractivity contribution in [3.8, 4) is 11.1 Å². The highest BCUT2D eigenvalue weighted by Gasteiger charge is 2.22. The smallest absolute Gasteiger partial charge is 0.285 e. The average Bonchev–Trinajstić information content (AvgIpc) is 2.84. The first-order valence-electron chi connectivity index (χ1n) is 6.66. The highest BCUT2D eigenvalue weighted by atomic mass is 32.1. The van der Waals surface area contributed by atoms with Crippen LogP contribution in [0.2, 0.25) is 0 Å². The number of fused-ring (bicyclic) bond motifs is 1. The molecule has 1 N–H and O–H groups in total. The Hall–Kier alpha value is -2.29. The lowest BCUT2D eigenvalue weighted by atomic mass is 9.99. The molecule has 9 heteroatoms. The van der Waals surface area contributed by atoms with E-state index in [4.69, 9.17) is 0 Å². The molecule has 2 aromatic heterocycles. The molecule has 0 fully saturated rings. The third-order valence-corrected chi connectivity index (χ3v) is 3.54. The number of nitrogens with one attached hydrogen (secondary N) is 1. The van der Waals surface area contributed by atoms with E-state index in [2.05, 4.69) is 27.7 Å². The first-order valence-corrected chi connectivity index (χ1v) is 7.11. The van der Waals surface area contributed by atoms with E-state index in [0.717, 1.165) is 16.6 Å². The third kappa shape index (κ3) is 2.50. The van der Waals surface area contributed by atoms with Crippen LogP contribution in [0.4, 0.5) is 13.2 Å². The van der Waals surface area contributed by atoms with E-state index in [0.29, 0.717) is 5.69 Å². The number of thiol groups is 1. The van der Waals surface area contributed by atoms with E-state index in [-0.39, 0.29) is 27.8 Å². The molecule has 0 atom stereocenters. The van der Waals surface area contributed by atoms with Crippen molar-refractivity contribution >= 4 is 18.3 Å². The molecule has 0 spiro atoms. The Morgan fingerprint density at radius 3 is 2.39 bits per heavy atom. The van der Waals surface area contributed by atoms with Crippen LogP contribution < -0.4 is 5.69 Å². The van der Waals surface area contributed by atoms with Crippen molar-refractivity contribution in [2.75, 3.05) is 0 Å².